The second-order valence-electron chi connectivity index (χ2n) is 29.3. The molecule has 21 aliphatic heterocycles. The smallest absolute Gasteiger partial charge is 0.187 e. The molecule has 0 radical (unpaired) electrons. The lowest BCUT2D eigenvalue weighted by atomic mass is 9.91. The molecule has 22 aliphatic rings. The van der Waals surface area contributed by atoms with Crippen molar-refractivity contribution in [2.75, 3.05) is 65.9 Å². The predicted octanol–water partition coefficient (Wildman–Crippen LogP) is -9.65. The number of benzene rings is 4. The van der Waals surface area contributed by atoms with E-state index in [9.17, 15) is 112 Å². The summed E-state index contributed by atoms with van der Waals surface area (Å²) in [6.07, 6.45) is -70.4. The fraction of sp³-hybridized carbons (Fsp3) is 0.662. The lowest BCUT2D eigenvalue weighted by molar-refractivity contribution is -0.396. The van der Waals surface area contributed by atoms with Crippen LogP contribution in [0.25, 0.3) is 0 Å². The van der Waals surface area contributed by atoms with Crippen molar-refractivity contribution in [2.45, 2.75) is 241 Å². The third-order valence-corrected chi connectivity index (χ3v) is 21.9. The van der Waals surface area contributed by atoms with Crippen LogP contribution in [-0.2, 0) is 92.0 Å². The van der Waals surface area contributed by atoms with Crippen molar-refractivity contribution < 1.29 is 188 Å². The first-order valence-electron chi connectivity index (χ1n) is 37.4. The van der Waals surface area contributed by atoms with Gasteiger partial charge in [0.2, 0.25) is 0 Å². The molecule has 4 aromatic carbocycles. The first-order chi connectivity index (χ1) is 54.8. The first kappa shape index (κ1) is 86.2. The van der Waals surface area contributed by atoms with Crippen LogP contribution >= 0.6 is 0 Å². The van der Waals surface area contributed by atoms with E-state index in [1.54, 1.807) is 42.5 Å². The van der Waals surface area contributed by atoms with Crippen molar-refractivity contribution in [2.24, 2.45) is 10.7 Å². The number of rotatable bonds is 14. The van der Waals surface area contributed by atoms with Crippen molar-refractivity contribution >= 4 is 6.21 Å². The Balaban J connectivity index is 0.793. The lowest BCUT2D eigenvalue weighted by Gasteiger charge is -2.50. The highest BCUT2D eigenvalue weighted by Gasteiger charge is 2.60. The van der Waals surface area contributed by atoms with Crippen molar-refractivity contribution in [3.05, 3.63) is 117 Å². The van der Waals surface area contributed by atoms with Gasteiger partial charge in [0.25, 0.3) is 0 Å². The molecule has 26 rings (SSSR count). The topological polar surface area (TPSA) is 631 Å². The van der Waals surface area contributed by atoms with Crippen LogP contribution in [0, 0.1) is 0 Å². The molecule has 22 bridgehead atoms. The summed E-state index contributed by atoms with van der Waals surface area (Å²) >= 11 is 0. The number of aliphatic imine (C=N–C) groups is 1. The van der Waals surface area contributed by atoms with Gasteiger partial charge in [-0.1, -0.05) is 72.8 Å². The molecule has 24 N–H and O–H groups in total. The minimum atomic E-state index is -2.29. The molecule has 0 unspecified atom stereocenters. The normalized spacial score (nSPS) is 41.7. The van der Waals surface area contributed by atoms with Crippen molar-refractivity contribution in [1.82, 2.24) is 0 Å². The van der Waals surface area contributed by atoms with Gasteiger partial charge >= 0.3 is 0 Å². The van der Waals surface area contributed by atoms with Crippen LogP contribution in [-0.4, -0.2) is 399 Å². The van der Waals surface area contributed by atoms with Crippen LogP contribution in [0.5, 0.6) is 23.0 Å². The summed E-state index contributed by atoms with van der Waals surface area (Å²) in [7, 11) is 0. The van der Waals surface area contributed by atoms with Gasteiger partial charge < -0.3 is 194 Å². The third-order valence-electron chi connectivity index (χ3n) is 21.9. The molecule has 0 aromatic heterocycles. The van der Waals surface area contributed by atoms with Crippen molar-refractivity contribution in [1.29, 1.82) is 0 Å². The van der Waals surface area contributed by atoms with E-state index in [-0.39, 0.29) is 63.5 Å². The largest absolute Gasteiger partial charge is 0.507 e. The van der Waals surface area contributed by atoms with Gasteiger partial charge in [-0.05, 0) is 44.5 Å². The highest BCUT2D eigenvalue weighted by atomic mass is 16.8. The standard InChI is InChI=1S/C74H100N2O38/c75-13-15-99-59-32-9-3-10-33(59)18-29-6-2-8-31(44(29)84)20-35-12-4-11-34(19-30-7-1-5-28(17-32)43(30)83)60(35)100-16-14-76-21-36-61-45(85)52(92)68(101-36)109-62-37(22-77)103-70(54(94)47(62)87)111-64-39(24-79)105-72(56(96)49(64)89)113-66-41(26-81)107-74(58(98)51(66)91)114-67-42(27-82)106-73(57(97)50(67)90)112-65-40(25-80)104-71(55(95)48(65)88)110-63-38(23-78)102-69(108-61)53(93)46(63)86/h1-12,21,36-42,45-58,61-74,77-98H,13-20,22-27,75H2/t36-,37-,38-,39-,40-,41-,42-,45-,46-,47-,48-,49-,50-,51-,52-,53-,54-,55-,56-,57-,58-,61-,62-,63-,64-,65-,66-,67-,68-,69-,70-,71-,72-,73-,74-/m1/s1. The van der Waals surface area contributed by atoms with Crippen LogP contribution in [0.3, 0.4) is 0 Å². The minimum absolute atomic E-state index is 0.0224. The second kappa shape index (κ2) is 37.7. The van der Waals surface area contributed by atoms with Crippen LogP contribution in [0.15, 0.2) is 77.8 Å². The zero-order chi connectivity index (χ0) is 81.2. The Morgan fingerprint density at radius 3 is 0.763 bits per heavy atom. The van der Waals surface area contributed by atoms with E-state index in [1.807, 2.05) is 30.3 Å². The molecule has 114 heavy (non-hydrogen) atoms. The average Bonchev–Trinajstić information content (AvgIpc) is 0.780. The highest BCUT2D eigenvalue weighted by molar-refractivity contribution is 5.64. The molecule has 4 aromatic rings. The van der Waals surface area contributed by atoms with Gasteiger partial charge in [0.1, 0.15) is 207 Å². The number of ether oxygens (including phenoxy) is 16. The zero-order valence-electron chi connectivity index (χ0n) is 61.0. The molecule has 1 aliphatic carbocycles. The van der Waals surface area contributed by atoms with Crippen LogP contribution in [0.4, 0.5) is 0 Å². The molecule has 634 valence electrons. The average molecular weight is 1630 g/mol. The van der Waals surface area contributed by atoms with Gasteiger partial charge in [0.05, 0.1) is 46.2 Å². The predicted molar refractivity (Wildman–Crippen MR) is 375 cm³/mol. The Labute approximate surface area is 649 Å². The van der Waals surface area contributed by atoms with E-state index >= 15 is 0 Å². The molecule has 21 heterocycles. The Morgan fingerprint density at radius 1 is 0.298 bits per heavy atom. The van der Waals surface area contributed by atoms with Crippen LogP contribution in [0.1, 0.15) is 44.5 Å². The lowest BCUT2D eigenvalue weighted by Crippen LogP contribution is -2.68. The van der Waals surface area contributed by atoms with Gasteiger partial charge in [-0.2, -0.15) is 0 Å². The molecular weight excluding hydrogens is 1520 g/mol. The quantitative estimate of drug-likeness (QED) is 0.0363. The second-order valence-corrected chi connectivity index (χ2v) is 29.3. The van der Waals surface area contributed by atoms with Crippen molar-refractivity contribution in [3.63, 3.8) is 0 Å². The van der Waals surface area contributed by atoms with Crippen molar-refractivity contribution in [3.8, 4) is 23.0 Å². The maximum absolute atomic E-state index is 12.2. The van der Waals surface area contributed by atoms with Gasteiger partial charge in [-0.25, -0.2) is 0 Å². The molecule has 21 fully saturated rings. The van der Waals surface area contributed by atoms with E-state index in [0.29, 0.717) is 44.9 Å². The number of aromatic hydroxyl groups is 2. The number of aliphatic hydroxyl groups excluding tert-OH is 20. The molecule has 0 amide bonds. The number of phenolic OH excluding ortho intramolecular Hbond substituents is 2. The third kappa shape index (κ3) is 17.7. The number of aliphatic hydroxyl groups is 20. The van der Waals surface area contributed by atoms with E-state index < -0.39 is 255 Å². The molecular formula is C74H100N2O38. The Morgan fingerprint density at radius 2 is 0.518 bits per heavy atom. The number of para-hydroxylation sites is 4. The minimum Gasteiger partial charge on any atom is -0.507 e. The summed E-state index contributed by atoms with van der Waals surface area (Å²) in [5.74, 6) is 0.981. The molecule has 40 heteroatoms. The van der Waals surface area contributed by atoms with Gasteiger partial charge in [-0.3, -0.25) is 4.99 Å². The monoisotopic (exact) mass is 1620 g/mol. The fourth-order valence-electron chi connectivity index (χ4n) is 15.8. The number of nitrogens with zero attached hydrogens (tertiary/aromatic N) is 1. The number of nitrogens with two attached hydrogens (primary N) is 1. The summed E-state index contributed by atoms with van der Waals surface area (Å²) in [5.41, 5.74) is 10.9. The number of hydrogen-bond acceptors (Lipinski definition) is 40. The Hall–Kier alpha value is -5.65. The van der Waals surface area contributed by atoms with Gasteiger partial charge in [-0.15, -0.1) is 0 Å². The number of hydrogen-bond donors (Lipinski definition) is 23. The molecule has 35 atom stereocenters. The van der Waals surface area contributed by atoms with Gasteiger partial charge in [0, 0.05) is 38.4 Å². The Bertz CT molecular complexity index is 3710. The molecule has 21 saturated heterocycles. The first-order valence-corrected chi connectivity index (χ1v) is 37.4. The highest BCUT2D eigenvalue weighted by Crippen LogP contribution is 2.43. The van der Waals surface area contributed by atoms with Crippen LogP contribution in [0.2, 0.25) is 0 Å². The Kier molecular flexibility index (Phi) is 28.5. The zero-order valence-corrected chi connectivity index (χ0v) is 61.0. The van der Waals surface area contributed by atoms with E-state index in [1.165, 1.54) is 0 Å². The van der Waals surface area contributed by atoms with Gasteiger partial charge in [0.15, 0.2) is 44.0 Å². The van der Waals surface area contributed by atoms with E-state index in [2.05, 4.69) is 4.99 Å². The summed E-state index contributed by atoms with van der Waals surface area (Å²) in [5, 5.41) is 252. The maximum atomic E-state index is 12.2. The van der Waals surface area contributed by atoms with Crippen LogP contribution < -0.4 is 15.2 Å². The summed E-state index contributed by atoms with van der Waals surface area (Å²) < 4.78 is 95.4. The molecule has 0 spiro atoms. The van der Waals surface area contributed by atoms with E-state index in [0.717, 1.165) is 17.3 Å². The summed E-state index contributed by atoms with van der Waals surface area (Å²) in [6, 6.07) is 21.9. The SMILES string of the molecule is NCCOc1c2cccc1Cc1cccc(c1O)Cc1cccc(c1OCCN=C[C@H]1O[C@@H]3O[C@H]4[C@H](O)[C@@H](O)[C@@H](O[C@H]5[C@H](O)[C@@H](O)[C@@H](O[C@H]6[C@H](O)[C@@H](O)[C@@H](O[C@H]7[C@H](O)[C@@H](O)[C@@H](O[C@H]8[C@H](O)[C@@H](O)[C@@H](O[C@H]9[C@H](O)[C@@H](O)[C@@H](O[C@H]1[C@H](O)[C@H]3O)O[C@@H]9CO)O[C@@H]8CO)O[C@@H]7CO)O[C@@H]6CO)O[C@@H]5CO)O[C@@H]4CO)Cc1cccc(c1O)C2. The fourth-order valence-corrected chi connectivity index (χ4v) is 15.8. The molecule has 40 nitrogen and oxygen atoms in total. The number of phenols is 2. The summed E-state index contributed by atoms with van der Waals surface area (Å²) in [4.78, 5) is 4.54. The maximum Gasteiger partial charge on any atom is 0.187 e. The summed E-state index contributed by atoms with van der Waals surface area (Å²) in [6.45, 7) is -6.53. The molecule has 0 saturated carbocycles. The number of fused-ring (bicyclic) bond motifs is 8. The van der Waals surface area contributed by atoms with E-state index in [4.69, 9.17) is 81.5 Å².